The van der Waals surface area contributed by atoms with Crippen LogP contribution in [0.25, 0.3) is 0 Å². The third-order valence-electron chi connectivity index (χ3n) is 6.53. The van der Waals surface area contributed by atoms with Crippen molar-refractivity contribution in [1.29, 1.82) is 0 Å². The summed E-state index contributed by atoms with van der Waals surface area (Å²) in [5.41, 5.74) is 4.99. The van der Waals surface area contributed by atoms with Crippen molar-refractivity contribution in [2.75, 3.05) is 6.61 Å². The van der Waals surface area contributed by atoms with Gasteiger partial charge in [0, 0.05) is 6.61 Å². The molecule has 2 aliphatic rings. The van der Waals surface area contributed by atoms with E-state index in [9.17, 15) is 5.11 Å². The number of hydrogen-bond donors (Lipinski definition) is 1. The largest absolute Gasteiger partial charge is 0.396 e. The third kappa shape index (κ3) is 2.25. The van der Waals surface area contributed by atoms with E-state index in [2.05, 4.69) is 45.9 Å². The highest BCUT2D eigenvalue weighted by Gasteiger charge is 2.51. The first-order valence-electron chi connectivity index (χ1n) is 8.65. The summed E-state index contributed by atoms with van der Waals surface area (Å²) in [4.78, 5) is 0. The Kier molecular flexibility index (Phi) is 3.68. The molecule has 0 amide bonds. The van der Waals surface area contributed by atoms with Crippen molar-refractivity contribution in [3.63, 3.8) is 0 Å². The van der Waals surface area contributed by atoms with Crippen molar-refractivity contribution < 1.29 is 5.11 Å². The van der Waals surface area contributed by atoms with Crippen LogP contribution in [0.4, 0.5) is 0 Å². The van der Waals surface area contributed by atoms with Crippen molar-refractivity contribution in [1.82, 2.24) is 0 Å². The van der Waals surface area contributed by atoms with Gasteiger partial charge < -0.3 is 5.11 Å². The molecule has 0 saturated heterocycles. The number of aryl methyl sites for hydroxylation is 1. The van der Waals surface area contributed by atoms with Crippen LogP contribution in [-0.2, 0) is 11.8 Å². The fourth-order valence-corrected chi connectivity index (χ4v) is 5.19. The average Bonchev–Trinajstić information content (AvgIpc) is 2.46. The predicted molar refractivity (Wildman–Crippen MR) is 88.7 cm³/mol. The van der Waals surface area contributed by atoms with E-state index in [1.807, 2.05) is 0 Å². The van der Waals surface area contributed by atoms with E-state index in [0.717, 1.165) is 0 Å². The zero-order valence-electron chi connectivity index (χ0n) is 14.1. The Morgan fingerprint density at radius 3 is 2.67 bits per heavy atom. The second-order valence-corrected chi connectivity index (χ2v) is 8.25. The van der Waals surface area contributed by atoms with Gasteiger partial charge in [0.05, 0.1) is 0 Å². The second-order valence-electron chi connectivity index (χ2n) is 8.25. The van der Waals surface area contributed by atoms with Crippen LogP contribution in [0.5, 0.6) is 0 Å². The smallest absolute Gasteiger partial charge is 0.0487 e. The maximum absolute atomic E-state index is 9.97. The van der Waals surface area contributed by atoms with Gasteiger partial charge in [-0.05, 0) is 65.0 Å². The van der Waals surface area contributed by atoms with Gasteiger partial charge in [-0.3, -0.25) is 0 Å². The average molecular weight is 286 g/mol. The highest BCUT2D eigenvalue weighted by atomic mass is 16.3. The number of rotatable bonds is 2. The first-order valence-corrected chi connectivity index (χ1v) is 8.65. The number of aliphatic hydroxyl groups is 1. The molecular weight excluding hydrogens is 256 g/mol. The zero-order valence-corrected chi connectivity index (χ0v) is 14.1. The van der Waals surface area contributed by atoms with Gasteiger partial charge in [-0.15, -0.1) is 0 Å². The van der Waals surface area contributed by atoms with Crippen LogP contribution >= 0.6 is 0 Å². The molecule has 3 atom stereocenters. The lowest BCUT2D eigenvalue weighted by atomic mass is 9.50. The Balaban J connectivity index is 2.05. The Hall–Kier alpha value is -0.820. The number of hydrogen-bond acceptors (Lipinski definition) is 1. The topological polar surface area (TPSA) is 20.2 Å². The van der Waals surface area contributed by atoms with E-state index in [4.69, 9.17) is 0 Å². The van der Waals surface area contributed by atoms with Crippen molar-refractivity contribution in [2.24, 2.45) is 11.3 Å². The minimum absolute atomic E-state index is 0.113. The fourth-order valence-electron chi connectivity index (χ4n) is 5.19. The maximum Gasteiger partial charge on any atom is 0.0487 e. The molecule has 21 heavy (non-hydrogen) atoms. The molecule has 1 fully saturated rings. The second kappa shape index (κ2) is 5.12. The summed E-state index contributed by atoms with van der Waals surface area (Å²) in [6.07, 6.45) is 6.13. The van der Waals surface area contributed by atoms with E-state index in [1.165, 1.54) is 37.7 Å². The number of fused-ring (bicyclic) bond motifs is 3. The van der Waals surface area contributed by atoms with Crippen LogP contribution in [0.1, 0.15) is 76.0 Å². The standard InChI is InChI=1S/C20H30O/c1-14(2)15-6-8-17-16(12-15)7-9-18-19(3,13-21)10-5-11-20(17,18)4/h6,8,12,14,18,21H,5,7,9-11,13H2,1-4H3/t18-,19-,20+/m0/s1. The SMILES string of the molecule is CC(C)c1ccc2c(c1)CC[C@H]1[C@](C)(CO)CCC[C@]21C. The quantitative estimate of drug-likeness (QED) is 0.827. The molecule has 0 unspecified atom stereocenters. The summed E-state index contributed by atoms with van der Waals surface area (Å²) in [5.74, 6) is 1.23. The van der Waals surface area contributed by atoms with Crippen LogP contribution in [-0.4, -0.2) is 11.7 Å². The lowest BCUT2D eigenvalue weighted by molar-refractivity contribution is -0.0179. The van der Waals surface area contributed by atoms with Gasteiger partial charge in [-0.2, -0.15) is 0 Å². The number of benzene rings is 1. The lowest BCUT2D eigenvalue weighted by Gasteiger charge is -2.55. The van der Waals surface area contributed by atoms with E-state index >= 15 is 0 Å². The summed E-state index contributed by atoms with van der Waals surface area (Å²) in [7, 11) is 0. The molecule has 0 spiro atoms. The van der Waals surface area contributed by atoms with Gasteiger partial charge in [-0.1, -0.05) is 52.3 Å². The molecule has 1 aromatic rings. The Morgan fingerprint density at radius 1 is 1.24 bits per heavy atom. The minimum atomic E-state index is 0.113. The van der Waals surface area contributed by atoms with Gasteiger partial charge in [0.25, 0.3) is 0 Å². The van der Waals surface area contributed by atoms with E-state index < -0.39 is 0 Å². The summed E-state index contributed by atoms with van der Waals surface area (Å²) in [6.45, 7) is 9.66. The van der Waals surface area contributed by atoms with Gasteiger partial charge in [-0.25, -0.2) is 0 Å². The zero-order chi connectivity index (χ0) is 15.3. The Morgan fingerprint density at radius 2 is 2.00 bits per heavy atom. The first kappa shape index (κ1) is 15.1. The molecule has 0 aliphatic heterocycles. The normalized spacial score (nSPS) is 35.4. The highest BCUT2D eigenvalue weighted by molar-refractivity contribution is 5.42. The van der Waals surface area contributed by atoms with Crippen molar-refractivity contribution in [2.45, 2.75) is 71.1 Å². The van der Waals surface area contributed by atoms with Crippen LogP contribution in [0.15, 0.2) is 18.2 Å². The summed E-state index contributed by atoms with van der Waals surface area (Å²) in [5, 5.41) is 9.97. The van der Waals surface area contributed by atoms with Crippen LogP contribution in [0.3, 0.4) is 0 Å². The number of aliphatic hydroxyl groups excluding tert-OH is 1. The summed E-state index contributed by atoms with van der Waals surface area (Å²) >= 11 is 0. The summed E-state index contributed by atoms with van der Waals surface area (Å²) in [6, 6.07) is 7.19. The molecule has 0 bridgehead atoms. The molecular formula is C20H30O. The molecule has 0 heterocycles. The molecule has 1 aromatic carbocycles. The lowest BCUT2D eigenvalue weighted by Crippen LogP contribution is -2.50. The molecule has 1 N–H and O–H groups in total. The van der Waals surface area contributed by atoms with Crippen LogP contribution in [0.2, 0.25) is 0 Å². The molecule has 116 valence electrons. The van der Waals surface area contributed by atoms with Crippen molar-refractivity contribution >= 4 is 0 Å². The molecule has 0 aromatic heterocycles. The molecule has 1 saturated carbocycles. The van der Waals surface area contributed by atoms with Gasteiger partial charge in [0.15, 0.2) is 0 Å². The fraction of sp³-hybridized carbons (Fsp3) is 0.700. The van der Waals surface area contributed by atoms with E-state index in [0.29, 0.717) is 18.4 Å². The van der Waals surface area contributed by atoms with E-state index in [-0.39, 0.29) is 10.8 Å². The van der Waals surface area contributed by atoms with Crippen molar-refractivity contribution in [3.8, 4) is 0 Å². The van der Waals surface area contributed by atoms with Gasteiger partial charge in [0.1, 0.15) is 0 Å². The predicted octanol–water partition coefficient (Wildman–Crippen LogP) is 4.81. The van der Waals surface area contributed by atoms with E-state index in [1.54, 1.807) is 11.1 Å². The Labute approximate surface area is 129 Å². The molecule has 1 nitrogen and oxygen atoms in total. The van der Waals surface area contributed by atoms with Gasteiger partial charge in [0.2, 0.25) is 0 Å². The Bertz CT molecular complexity index is 533. The minimum Gasteiger partial charge on any atom is -0.396 e. The van der Waals surface area contributed by atoms with Crippen molar-refractivity contribution in [3.05, 3.63) is 34.9 Å². The molecule has 3 rings (SSSR count). The molecule has 2 aliphatic carbocycles. The van der Waals surface area contributed by atoms with Gasteiger partial charge >= 0.3 is 0 Å². The molecule has 1 heteroatoms. The summed E-state index contributed by atoms with van der Waals surface area (Å²) < 4.78 is 0. The van der Waals surface area contributed by atoms with Crippen LogP contribution < -0.4 is 0 Å². The highest BCUT2D eigenvalue weighted by Crippen LogP contribution is 2.57. The third-order valence-corrected chi connectivity index (χ3v) is 6.53. The monoisotopic (exact) mass is 286 g/mol. The maximum atomic E-state index is 9.97. The molecule has 0 radical (unpaired) electrons. The first-order chi connectivity index (χ1) is 9.90. The van der Waals surface area contributed by atoms with Crippen LogP contribution in [0, 0.1) is 11.3 Å².